The fourth-order valence-electron chi connectivity index (χ4n) is 2.16. The van der Waals surface area contributed by atoms with Crippen molar-refractivity contribution in [2.24, 2.45) is 0 Å². The fourth-order valence-corrected chi connectivity index (χ4v) is 3.66. The van der Waals surface area contributed by atoms with Crippen molar-refractivity contribution in [3.63, 3.8) is 0 Å². The number of hydrogen-bond acceptors (Lipinski definition) is 8. The Morgan fingerprint density at radius 1 is 1.22 bits per heavy atom. The van der Waals surface area contributed by atoms with E-state index in [0.29, 0.717) is 33.1 Å². The second-order valence-corrected chi connectivity index (χ2v) is 7.40. The number of aromatic nitrogens is 3. The van der Waals surface area contributed by atoms with E-state index < -0.39 is 0 Å². The van der Waals surface area contributed by atoms with E-state index in [2.05, 4.69) is 20.5 Å². The van der Waals surface area contributed by atoms with E-state index in [-0.39, 0.29) is 16.9 Å². The molecule has 0 aliphatic heterocycles. The van der Waals surface area contributed by atoms with Crippen molar-refractivity contribution in [1.29, 1.82) is 0 Å². The number of thiazole rings is 1. The summed E-state index contributed by atoms with van der Waals surface area (Å²) in [7, 11) is 0. The highest BCUT2D eigenvalue weighted by Crippen LogP contribution is 2.29. The highest BCUT2D eigenvalue weighted by molar-refractivity contribution is 7.99. The van der Waals surface area contributed by atoms with Crippen LogP contribution in [0.5, 0.6) is 0 Å². The lowest BCUT2D eigenvalue weighted by atomic mass is 10.2. The number of carbonyl (C=O) groups excluding carboxylic acids is 1. The summed E-state index contributed by atoms with van der Waals surface area (Å²) >= 11 is 8.57. The Morgan fingerprint density at radius 2 is 2.11 bits per heavy atom. The van der Waals surface area contributed by atoms with Crippen molar-refractivity contribution < 1.29 is 13.6 Å². The van der Waals surface area contributed by atoms with Crippen LogP contribution in [-0.2, 0) is 4.79 Å². The highest BCUT2D eigenvalue weighted by atomic mass is 35.5. The van der Waals surface area contributed by atoms with Crippen LogP contribution < -0.4 is 5.32 Å². The minimum Gasteiger partial charge on any atom is -0.463 e. The number of furan rings is 1. The van der Waals surface area contributed by atoms with Gasteiger partial charge in [0.2, 0.25) is 11.8 Å². The number of halogens is 1. The van der Waals surface area contributed by atoms with Gasteiger partial charge in [-0.25, -0.2) is 4.98 Å². The maximum atomic E-state index is 12.1. The Hall–Kier alpha value is -2.62. The summed E-state index contributed by atoms with van der Waals surface area (Å²) in [5.74, 6) is 0.850. The largest absolute Gasteiger partial charge is 0.463 e. The molecule has 1 N–H and O–H groups in total. The van der Waals surface area contributed by atoms with Gasteiger partial charge in [0.1, 0.15) is 5.69 Å². The number of rotatable bonds is 6. The standard InChI is InChI=1S/C17H11ClN4O3S2/c18-11-5-2-1-4-10(11)15-21-22-17(25-15)27-9-14(23)20-16-19-12(8-26-16)13-6-3-7-24-13/h1-8H,9H2,(H,19,20,23). The van der Waals surface area contributed by atoms with Gasteiger partial charge in [0.15, 0.2) is 10.9 Å². The van der Waals surface area contributed by atoms with Crippen LogP contribution in [0.15, 0.2) is 62.1 Å². The number of nitrogens with one attached hydrogen (secondary N) is 1. The van der Waals surface area contributed by atoms with Gasteiger partial charge in [0.25, 0.3) is 5.22 Å². The Kier molecular flexibility index (Phi) is 5.23. The fraction of sp³-hybridized carbons (Fsp3) is 0.0588. The number of carbonyl (C=O) groups is 1. The Balaban J connectivity index is 1.34. The molecule has 7 nitrogen and oxygen atoms in total. The van der Waals surface area contributed by atoms with E-state index in [1.807, 2.05) is 23.6 Å². The molecule has 4 aromatic rings. The molecule has 0 saturated heterocycles. The molecule has 10 heteroatoms. The van der Waals surface area contributed by atoms with Gasteiger partial charge in [-0.2, -0.15) is 0 Å². The minimum absolute atomic E-state index is 0.111. The molecule has 0 bridgehead atoms. The van der Waals surface area contributed by atoms with Crippen LogP contribution in [0.4, 0.5) is 5.13 Å². The van der Waals surface area contributed by atoms with E-state index in [0.717, 1.165) is 11.8 Å². The third-order valence-corrected chi connectivity index (χ3v) is 5.27. The van der Waals surface area contributed by atoms with Gasteiger partial charge >= 0.3 is 0 Å². The lowest BCUT2D eigenvalue weighted by Crippen LogP contribution is -2.13. The summed E-state index contributed by atoms with van der Waals surface area (Å²) < 4.78 is 10.8. The van der Waals surface area contributed by atoms with Gasteiger partial charge in [-0.1, -0.05) is 35.5 Å². The molecule has 1 amide bonds. The molecule has 0 fully saturated rings. The average Bonchev–Trinajstić information content (AvgIpc) is 3.41. The first-order valence-corrected chi connectivity index (χ1v) is 9.94. The maximum Gasteiger partial charge on any atom is 0.277 e. The molecule has 1 aromatic carbocycles. The molecule has 3 aromatic heterocycles. The summed E-state index contributed by atoms with van der Waals surface area (Å²) in [6.07, 6.45) is 1.57. The predicted octanol–water partition coefficient (Wildman–Crippen LogP) is 4.84. The Labute approximate surface area is 166 Å². The quantitative estimate of drug-likeness (QED) is 0.448. The molecule has 4 rings (SSSR count). The molecule has 0 spiro atoms. The SMILES string of the molecule is O=C(CSc1nnc(-c2ccccc2Cl)o1)Nc1nc(-c2ccco2)cs1. The zero-order valence-electron chi connectivity index (χ0n) is 13.6. The van der Waals surface area contributed by atoms with Crippen molar-refractivity contribution in [1.82, 2.24) is 15.2 Å². The van der Waals surface area contributed by atoms with E-state index in [9.17, 15) is 4.79 Å². The van der Waals surface area contributed by atoms with Gasteiger partial charge in [-0.3, -0.25) is 4.79 Å². The number of thioether (sulfide) groups is 1. The van der Waals surface area contributed by atoms with Crippen LogP contribution in [0.3, 0.4) is 0 Å². The Bertz CT molecular complexity index is 1060. The molecule has 0 radical (unpaired) electrons. The van der Waals surface area contributed by atoms with Crippen molar-refractivity contribution in [3.8, 4) is 22.9 Å². The highest BCUT2D eigenvalue weighted by Gasteiger charge is 2.14. The summed E-state index contributed by atoms with van der Waals surface area (Å²) in [5, 5.41) is 13.8. The maximum absolute atomic E-state index is 12.1. The Morgan fingerprint density at radius 3 is 2.93 bits per heavy atom. The van der Waals surface area contributed by atoms with Crippen molar-refractivity contribution in [2.45, 2.75) is 5.22 Å². The van der Waals surface area contributed by atoms with Gasteiger partial charge in [0, 0.05) is 5.38 Å². The van der Waals surface area contributed by atoms with Gasteiger partial charge in [0.05, 0.1) is 22.6 Å². The van der Waals surface area contributed by atoms with E-state index in [1.54, 1.807) is 24.5 Å². The summed E-state index contributed by atoms with van der Waals surface area (Å²) in [4.78, 5) is 16.4. The lowest BCUT2D eigenvalue weighted by molar-refractivity contribution is -0.113. The number of benzene rings is 1. The third kappa shape index (κ3) is 4.21. The van der Waals surface area contributed by atoms with Crippen LogP contribution in [0, 0.1) is 0 Å². The molecular weight excluding hydrogens is 408 g/mol. The lowest BCUT2D eigenvalue weighted by Gasteiger charge is -1.99. The van der Waals surface area contributed by atoms with Gasteiger partial charge < -0.3 is 14.2 Å². The zero-order valence-corrected chi connectivity index (χ0v) is 16.0. The molecule has 136 valence electrons. The van der Waals surface area contributed by atoms with E-state index in [1.165, 1.54) is 11.3 Å². The number of anilines is 1. The topological polar surface area (TPSA) is 94.0 Å². The monoisotopic (exact) mass is 418 g/mol. The molecule has 0 unspecified atom stereocenters. The first-order chi connectivity index (χ1) is 13.2. The van der Waals surface area contributed by atoms with Crippen LogP contribution >= 0.6 is 34.7 Å². The molecule has 0 atom stereocenters. The van der Waals surface area contributed by atoms with Crippen LogP contribution in [0.25, 0.3) is 22.9 Å². The number of hydrogen-bond donors (Lipinski definition) is 1. The average molecular weight is 419 g/mol. The van der Waals surface area contributed by atoms with Gasteiger partial charge in [-0.05, 0) is 24.3 Å². The number of amides is 1. The molecule has 27 heavy (non-hydrogen) atoms. The smallest absolute Gasteiger partial charge is 0.277 e. The molecule has 0 saturated carbocycles. The van der Waals surface area contributed by atoms with Crippen LogP contribution in [-0.4, -0.2) is 26.8 Å². The van der Waals surface area contributed by atoms with Crippen LogP contribution in [0.1, 0.15) is 0 Å². The van der Waals surface area contributed by atoms with Crippen molar-refractivity contribution in [3.05, 3.63) is 53.1 Å². The molecule has 0 aliphatic rings. The molecular formula is C17H11ClN4O3S2. The first-order valence-electron chi connectivity index (χ1n) is 7.69. The second-order valence-electron chi connectivity index (χ2n) is 5.21. The van der Waals surface area contributed by atoms with E-state index in [4.69, 9.17) is 20.4 Å². The van der Waals surface area contributed by atoms with E-state index >= 15 is 0 Å². The minimum atomic E-state index is -0.224. The molecule has 3 heterocycles. The second kappa shape index (κ2) is 7.95. The summed E-state index contributed by atoms with van der Waals surface area (Å²) in [6.45, 7) is 0. The number of nitrogens with zero attached hydrogens (tertiary/aromatic N) is 3. The normalized spacial score (nSPS) is 10.9. The zero-order chi connectivity index (χ0) is 18.6. The van der Waals surface area contributed by atoms with Gasteiger partial charge in [-0.15, -0.1) is 21.5 Å². The third-order valence-electron chi connectivity index (χ3n) is 3.36. The van der Waals surface area contributed by atoms with Crippen LogP contribution in [0.2, 0.25) is 5.02 Å². The first kappa shape index (κ1) is 17.8. The summed E-state index contributed by atoms with van der Waals surface area (Å²) in [6, 6.07) is 10.8. The van der Waals surface area contributed by atoms with Crippen molar-refractivity contribution in [2.75, 3.05) is 11.1 Å². The predicted molar refractivity (Wildman–Crippen MR) is 104 cm³/mol. The summed E-state index contributed by atoms with van der Waals surface area (Å²) in [5.41, 5.74) is 1.32. The molecule has 0 aliphatic carbocycles. The van der Waals surface area contributed by atoms with Crippen molar-refractivity contribution >= 4 is 45.7 Å².